The highest BCUT2D eigenvalue weighted by Gasteiger charge is 2.31. The van der Waals surface area contributed by atoms with Gasteiger partial charge in [-0.15, -0.1) is 0 Å². The van der Waals surface area contributed by atoms with Crippen LogP contribution in [0.1, 0.15) is 51.7 Å². The third-order valence-electron chi connectivity index (χ3n) is 3.69. The molecular formula is C18H29NO2. The molecule has 118 valence electrons. The molecule has 0 radical (unpaired) electrons. The van der Waals surface area contributed by atoms with Crippen molar-refractivity contribution in [3.8, 4) is 5.75 Å². The zero-order chi connectivity index (χ0) is 15.3. The molecule has 0 spiro atoms. The van der Waals surface area contributed by atoms with E-state index >= 15 is 0 Å². The molecule has 1 N–H and O–H groups in total. The number of ether oxygens (including phenoxy) is 2. The van der Waals surface area contributed by atoms with Crippen LogP contribution in [0.2, 0.25) is 0 Å². The van der Waals surface area contributed by atoms with Crippen LogP contribution in [0.3, 0.4) is 0 Å². The van der Waals surface area contributed by atoms with Gasteiger partial charge in [0.25, 0.3) is 0 Å². The van der Waals surface area contributed by atoms with Crippen LogP contribution in [-0.4, -0.2) is 24.9 Å². The summed E-state index contributed by atoms with van der Waals surface area (Å²) in [7, 11) is 0. The first kappa shape index (κ1) is 16.3. The van der Waals surface area contributed by atoms with Crippen LogP contribution in [0.4, 0.5) is 0 Å². The molecule has 0 unspecified atom stereocenters. The average molecular weight is 291 g/mol. The van der Waals surface area contributed by atoms with Crippen molar-refractivity contribution in [2.24, 2.45) is 0 Å². The molecule has 0 atom stereocenters. The van der Waals surface area contributed by atoms with E-state index < -0.39 is 0 Å². The number of hydrogen-bond donors (Lipinski definition) is 1. The van der Waals surface area contributed by atoms with E-state index in [0.717, 1.165) is 44.7 Å². The molecule has 0 aromatic heterocycles. The van der Waals surface area contributed by atoms with Crippen LogP contribution in [0.5, 0.6) is 5.75 Å². The molecule has 0 bridgehead atoms. The molecule has 0 saturated carbocycles. The summed E-state index contributed by atoms with van der Waals surface area (Å²) in [5, 5.41) is 3.51. The molecule has 1 aliphatic heterocycles. The lowest BCUT2D eigenvalue weighted by Crippen LogP contribution is -2.25. The molecule has 1 aliphatic rings. The van der Waals surface area contributed by atoms with E-state index in [2.05, 4.69) is 51.2 Å². The zero-order valence-electron chi connectivity index (χ0n) is 13.9. The first-order chi connectivity index (χ1) is 9.98. The Labute approximate surface area is 129 Å². The van der Waals surface area contributed by atoms with Gasteiger partial charge in [0.05, 0.1) is 6.10 Å². The highest BCUT2D eigenvalue weighted by atomic mass is 16.5. The van der Waals surface area contributed by atoms with Gasteiger partial charge in [0.1, 0.15) is 11.4 Å². The molecule has 2 rings (SSSR count). The summed E-state index contributed by atoms with van der Waals surface area (Å²) in [5.41, 5.74) is 2.55. The Morgan fingerprint density at radius 3 is 2.86 bits per heavy atom. The van der Waals surface area contributed by atoms with E-state index in [1.165, 1.54) is 11.1 Å². The molecule has 1 heterocycles. The highest BCUT2D eigenvalue weighted by Crippen LogP contribution is 2.37. The maximum atomic E-state index is 6.09. The normalized spacial score (nSPS) is 16.0. The van der Waals surface area contributed by atoms with E-state index in [9.17, 15) is 0 Å². The van der Waals surface area contributed by atoms with Crippen LogP contribution < -0.4 is 10.1 Å². The molecule has 3 nitrogen and oxygen atoms in total. The van der Waals surface area contributed by atoms with Crippen LogP contribution in [0.25, 0.3) is 0 Å². The second kappa shape index (κ2) is 7.28. The second-order valence-electron chi connectivity index (χ2n) is 6.75. The Bertz CT molecular complexity index is 455. The number of hydrogen-bond acceptors (Lipinski definition) is 3. The van der Waals surface area contributed by atoms with Gasteiger partial charge in [-0.2, -0.15) is 0 Å². The minimum absolute atomic E-state index is 0.0629. The topological polar surface area (TPSA) is 30.5 Å². The summed E-state index contributed by atoms with van der Waals surface area (Å²) in [6.07, 6.45) is 3.60. The number of para-hydroxylation sites is 1. The molecule has 0 amide bonds. The van der Waals surface area contributed by atoms with Crippen molar-refractivity contribution in [2.45, 2.75) is 65.2 Å². The van der Waals surface area contributed by atoms with Gasteiger partial charge in [0.2, 0.25) is 0 Å². The Morgan fingerprint density at radius 1 is 1.29 bits per heavy atom. The van der Waals surface area contributed by atoms with Crippen molar-refractivity contribution in [3.63, 3.8) is 0 Å². The second-order valence-corrected chi connectivity index (χ2v) is 6.75. The lowest BCUT2D eigenvalue weighted by atomic mass is 10.0. The molecule has 1 aromatic carbocycles. The van der Waals surface area contributed by atoms with Crippen LogP contribution >= 0.6 is 0 Å². The van der Waals surface area contributed by atoms with Crippen LogP contribution in [0.15, 0.2) is 18.2 Å². The SMILES string of the molecule is CC(C)OCCCCNCc1cccc2c1OC(C)(C)C2. The summed E-state index contributed by atoms with van der Waals surface area (Å²) in [6.45, 7) is 11.2. The first-order valence-electron chi connectivity index (χ1n) is 8.10. The molecule has 0 saturated heterocycles. The predicted octanol–water partition coefficient (Wildman–Crippen LogP) is 3.69. The standard InChI is InChI=1S/C18H29NO2/c1-14(2)20-11-6-5-10-19-13-16-9-7-8-15-12-18(3,4)21-17(15)16/h7-9,14,19H,5-6,10-13H2,1-4H3. The van der Waals surface area contributed by atoms with Crippen molar-refractivity contribution in [1.82, 2.24) is 5.32 Å². The lowest BCUT2D eigenvalue weighted by Gasteiger charge is -2.18. The van der Waals surface area contributed by atoms with Crippen LogP contribution in [0, 0.1) is 0 Å². The van der Waals surface area contributed by atoms with Gasteiger partial charge in [0, 0.05) is 25.1 Å². The summed E-state index contributed by atoms with van der Waals surface area (Å²) in [4.78, 5) is 0. The van der Waals surface area contributed by atoms with Crippen LogP contribution in [-0.2, 0) is 17.7 Å². The summed E-state index contributed by atoms with van der Waals surface area (Å²) in [5.74, 6) is 1.10. The van der Waals surface area contributed by atoms with E-state index in [4.69, 9.17) is 9.47 Å². The van der Waals surface area contributed by atoms with E-state index in [1.807, 2.05) is 0 Å². The van der Waals surface area contributed by atoms with Crippen molar-refractivity contribution in [1.29, 1.82) is 0 Å². The number of nitrogens with one attached hydrogen (secondary N) is 1. The summed E-state index contributed by atoms with van der Waals surface area (Å²) < 4.78 is 11.6. The fourth-order valence-electron chi connectivity index (χ4n) is 2.71. The monoisotopic (exact) mass is 291 g/mol. The zero-order valence-corrected chi connectivity index (χ0v) is 13.9. The van der Waals surface area contributed by atoms with Gasteiger partial charge in [-0.05, 0) is 52.6 Å². The van der Waals surface area contributed by atoms with E-state index in [0.29, 0.717) is 6.10 Å². The Balaban J connectivity index is 1.72. The lowest BCUT2D eigenvalue weighted by molar-refractivity contribution is 0.0760. The third-order valence-corrected chi connectivity index (χ3v) is 3.69. The maximum absolute atomic E-state index is 6.09. The number of benzene rings is 1. The highest BCUT2D eigenvalue weighted by molar-refractivity contribution is 5.45. The third kappa shape index (κ3) is 5.01. The molecule has 21 heavy (non-hydrogen) atoms. The first-order valence-corrected chi connectivity index (χ1v) is 8.10. The van der Waals surface area contributed by atoms with Crippen molar-refractivity contribution in [2.75, 3.05) is 13.2 Å². The smallest absolute Gasteiger partial charge is 0.127 e. The quantitative estimate of drug-likeness (QED) is 0.741. The van der Waals surface area contributed by atoms with E-state index in [-0.39, 0.29) is 5.60 Å². The minimum Gasteiger partial charge on any atom is -0.487 e. The van der Waals surface area contributed by atoms with Gasteiger partial charge < -0.3 is 14.8 Å². The number of unbranched alkanes of at least 4 members (excludes halogenated alkanes) is 1. The van der Waals surface area contributed by atoms with Crippen molar-refractivity contribution in [3.05, 3.63) is 29.3 Å². The molecule has 1 aromatic rings. The molecule has 3 heteroatoms. The van der Waals surface area contributed by atoms with E-state index in [1.54, 1.807) is 0 Å². The molecule has 0 fully saturated rings. The fourth-order valence-corrected chi connectivity index (χ4v) is 2.71. The summed E-state index contributed by atoms with van der Waals surface area (Å²) >= 11 is 0. The maximum Gasteiger partial charge on any atom is 0.127 e. The minimum atomic E-state index is -0.0629. The molecular weight excluding hydrogens is 262 g/mol. The Morgan fingerprint density at radius 2 is 2.10 bits per heavy atom. The van der Waals surface area contributed by atoms with Gasteiger partial charge >= 0.3 is 0 Å². The molecule has 0 aliphatic carbocycles. The Hall–Kier alpha value is -1.06. The largest absolute Gasteiger partial charge is 0.487 e. The fraction of sp³-hybridized carbons (Fsp3) is 0.667. The summed E-state index contributed by atoms with van der Waals surface area (Å²) in [6, 6.07) is 6.48. The number of fused-ring (bicyclic) bond motifs is 1. The number of rotatable bonds is 8. The van der Waals surface area contributed by atoms with Crippen molar-refractivity contribution < 1.29 is 9.47 Å². The predicted molar refractivity (Wildman–Crippen MR) is 86.9 cm³/mol. The van der Waals surface area contributed by atoms with Gasteiger partial charge in [-0.25, -0.2) is 0 Å². The van der Waals surface area contributed by atoms with Gasteiger partial charge in [-0.1, -0.05) is 18.2 Å². The van der Waals surface area contributed by atoms with Gasteiger partial charge in [-0.3, -0.25) is 0 Å². The average Bonchev–Trinajstić information content (AvgIpc) is 2.72. The van der Waals surface area contributed by atoms with Crippen molar-refractivity contribution >= 4 is 0 Å². The van der Waals surface area contributed by atoms with Gasteiger partial charge in [0.15, 0.2) is 0 Å². The Kier molecular flexibility index (Phi) is 5.65.